The third-order valence-corrected chi connectivity index (χ3v) is 4.57. The lowest BCUT2D eigenvalue weighted by molar-refractivity contribution is -0.122. The summed E-state index contributed by atoms with van der Waals surface area (Å²) in [6.45, 7) is 3.57. The Hall–Kier alpha value is -1.35. The summed E-state index contributed by atoms with van der Waals surface area (Å²) in [6.07, 6.45) is 3.39. The number of nitrogens with zero attached hydrogens (tertiary/aromatic N) is 1. The number of hydrogen-bond donors (Lipinski definition) is 1. The fourth-order valence-electron chi connectivity index (χ4n) is 3.20. The highest BCUT2D eigenvalue weighted by atomic mass is 16.2. The van der Waals surface area contributed by atoms with Gasteiger partial charge in [0, 0.05) is 24.1 Å². The van der Waals surface area contributed by atoms with E-state index in [4.69, 9.17) is 5.73 Å². The SMILES string of the molecule is CC(C(=O)N1CC(CCN)c2ccccc21)C1CC1. The van der Waals surface area contributed by atoms with Crippen molar-refractivity contribution in [2.45, 2.75) is 32.1 Å². The molecule has 1 saturated carbocycles. The van der Waals surface area contributed by atoms with Crippen molar-refractivity contribution < 1.29 is 4.79 Å². The molecule has 0 spiro atoms. The van der Waals surface area contributed by atoms with Crippen LogP contribution in [0.5, 0.6) is 0 Å². The molecule has 2 N–H and O–H groups in total. The van der Waals surface area contributed by atoms with Gasteiger partial charge in [-0.1, -0.05) is 25.1 Å². The standard InChI is InChI=1S/C16H22N2O/c1-11(12-6-7-12)16(19)18-10-13(8-9-17)14-4-2-3-5-15(14)18/h2-5,11-13H,6-10,17H2,1H3. The van der Waals surface area contributed by atoms with E-state index in [-0.39, 0.29) is 5.92 Å². The zero-order valence-corrected chi connectivity index (χ0v) is 11.5. The Bertz CT molecular complexity index is 481. The quantitative estimate of drug-likeness (QED) is 0.902. The van der Waals surface area contributed by atoms with E-state index in [9.17, 15) is 4.79 Å². The van der Waals surface area contributed by atoms with Crippen molar-refractivity contribution in [3.63, 3.8) is 0 Å². The summed E-state index contributed by atoms with van der Waals surface area (Å²) in [6, 6.07) is 8.29. The van der Waals surface area contributed by atoms with Crippen LogP contribution >= 0.6 is 0 Å². The zero-order valence-electron chi connectivity index (χ0n) is 11.5. The van der Waals surface area contributed by atoms with E-state index in [2.05, 4.69) is 25.1 Å². The first-order valence-corrected chi connectivity index (χ1v) is 7.32. The largest absolute Gasteiger partial charge is 0.330 e. The highest BCUT2D eigenvalue weighted by Crippen LogP contribution is 2.42. The van der Waals surface area contributed by atoms with Crippen molar-refractivity contribution in [2.24, 2.45) is 17.6 Å². The minimum Gasteiger partial charge on any atom is -0.330 e. The number of benzene rings is 1. The molecule has 0 bridgehead atoms. The molecule has 3 nitrogen and oxygen atoms in total. The number of para-hydroxylation sites is 1. The van der Waals surface area contributed by atoms with E-state index in [1.165, 1.54) is 18.4 Å². The summed E-state index contributed by atoms with van der Waals surface area (Å²) in [5.41, 5.74) is 8.11. The van der Waals surface area contributed by atoms with Gasteiger partial charge in [-0.05, 0) is 43.4 Å². The van der Waals surface area contributed by atoms with Gasteiger partial charge in [-0.2, -0.15) is 0 Å². The number of amides is 1. The number of carbonyl (C=O) groups is 1. The molecule has 102 valence electrons. The molecule has 1 aromatic rings. The molecule has 2 aliphatic rings. The van der Waals surface area contributed by atoms with Crippen LogP contribution in [0.25, 0.3) is 0 Å². The average Bonchev–Trinajstić information content (AvgIpc) is 3.22. The van der Waals surface area contributed by atoms with Crippen molar-refractivity contribution in [3.05, 3.63) is 29.8 Å². The van der Waals surface area contributed by atoms with Gasteiger partial charge in [0.05, 0.1) is 0 Å². The molecule has 1 heterocycles. The molecule has 3 heteroatoms. The Labute approximate surface area is 114 Å². The second-order valence-electron chi connectivity index (χ2n) is 5.91. The summed E-state index contributed by atoms with van der Waals surface area (Å²) < 4.78 is 0. The minimum absolute atomic E-state index is 0.171. The number of hydrogen-bond acceptors (Lipinski definition) is 2. The van der Waals surface area contributed by atoms with Crippen LogP contribution in [0, 0.1) is 11.8 Å². The fraction of sp³-hybridized carbons (Fsp3) is 0.562. The minimum atomic E-state index is 0.171. The van der Waals surface area contributed by atoms with Gasteiger partial charge in [0.25, 0.3) is 0 Å². The zero-order chi connectivity index (χ0) is 13.4. The Kier molecular flexibility index (Phi) is 3.31. The Balaban J connectivity index is 1.85. The van der Waals surface area contributed by atoms with Gasteiger partial charge in [0.1, 0.15) is 0 Å². The maximum absolute atomic E-state index is 12.6. The molecule has 1 aliphatic heterocycles. The Morgan fingerprint density at radius 1 is 1.42 bits per heavy atom. The molecule has 0 radical (unpaired) electrons. The molecular weight excluding hydrogens is 236 g/mol. The smallest absolute Gasteiger partial charge is 0.230 e. The van der Waals surface area contributed by atoms with Crippen molar-refractivity contribution in [2.75, 3.05) is 18.0 Å². The van der Waals surface area contributed by atoms with E-state index in [1.54, 1.807) is 0 Å². The van der Waals surface area contributed by atoms with Gasteiger partial charge in [-0.25, -0.2) is 0 Å². The number of carbonyl (C=O) groups excluding carboxylic acids is 1. The fourth-order valence-corrected chi connectivity index (χ4v) is 3.20. The molecule has 2 unspecified atom stereocenters. The van der Waals surface area contributed by atoms with E-state index in [0.29, 0.717) is 24.3 Å². The molecule has 1 aliphatic carbocycles. The highest BCUT2D eigenvalue weighted by molar-refractivity contribution is 5.97. The summed E-state index contributed by atoms with van der Waals surface area (Å²) in [7, 11) is 0. The second-order valence-corrected chi connectivity index (χ2v) is 5.91. The van der Waals surface area contributed by atoms with E-state index >= 15 is 0 Å². The number of fused-ring (bicyclic) bond motifs is 1. The highest BCUT2D eigenvalue weighted by Gasteiger charge is 2.39. The van der Waals surface area contributed by atoms with Crippen LogP contribution in [0.2, 0.25) is 0 Å². The predicted molar refractivity (Wildman–Crippen MR) is 77.1 cm³/mol. The van der Waals surface area contributed by atoms with Gasteiger partial charge in [0.2, 0.25) is 5.91 Å². The van der Waals surface area contributed by atoms with Crippen molar-refractivity contribution in [3.8, 4) is 0 Å². The lowest BCUT2D eigenvalue weighted by Gasteiger charge is -2.22. The first-order chi connectivity index (χ1) is 9.22. The number of rotatable bonds is 4. The van der Waals surface area contributed by atoms with Crippen molar-refractivity contribution in [1.82, 2.24) is 0 Å². The summed E-state index contributed by atoms with van der Waals surface area (Å²) in [5, 5.41) is 0. The van der Waals surface area contributed by atoms with Crippen LogP contribution in [0.3, 0.4) is 0 Å². The molecular formula is C16H22N2O. The number of anilines is 1. The molecule has 19 heavy (non-hydrogen) atoms. The lowest BCUT2D eigenvalue weighted by Crippen LogP contribution is -2.35. The first-order valence-electron chi connectivity index (χ1n) is 7.32. The van der Waals surface area contributed by atoms with Gasteiger partial charge < -0.3 is 10.6 Å². The van der Waals surface area contributed by atoms with E-state index in [1.807, 2.05) is 11.0 Å². The molecule has 1 fully saturated rings. The lowest BCUT2D eigenvalue weighted by atomic mass is 9.98. The van der Waals surface area contributed by atoms with Crippen molar-refractivity contribution in [1.29, 1.82) is 0 Å². The Morgan fingerprint density at radius 3 is 2.84 bits per heavy atom. The van der Waals surface area contributed by atoms with Crippen LogP contribution in [-0.2, 0) is 4.79 Å². The normalized spacial score (nSPS) is 23.3. The summed E-state index contributed by atoms with van der Waals surface area (Å²) in [4.78, 5) is 14.6. The Morgan fingerprint density at radius 2 is 2.16 bits per heavy atom. The third kappa shape index (κ3) is 2.27. The molecule has 0 aromatic heterocycles. The molecule has 1 amide bonds. The van der Waals surface area contributed by atoms with Crippen molar-refractivity contribution >= 4 is 11.6 Å². The van der Waals surface area contributed by atoms with Crippen LogP contribution in [0.1, 0.15) is 37.7 Å². The summed E-state index contributed by atoms with van der Waals surface area (Å²) in [5.74, 6) is 1.50. The monoisotopic (exact) mass is 258 g/mol. The number of nitrogens with two attached hydrogens (primary N) is 1. The van der Waals surface area contributed by atoms with E-state index < -0.39 is 0 Å². The summed E-state index contributed by atoms with van der Waals surface area (Å²) >= 11 is 0. The van der Waals surface area contributed by atoms with Gasteiger partial charge in [-0.3, -0.25) is 4.79 Å². The van der Waals surface area contributed by atoms with Gasteiger partial charge >= 0.3 is 0 Å². The predicted octanol–water partition coefficient (Wildman–Crippen LogP) is 2.51. The molecule has 0 saturated heterocycles. The average molecular weight is 258 g/mol. The third-order valence-electron chi connectivity index (χ3n) is 4.57. The van der Waals surface area contributed by atoms with Crippen LogP contribution in [-0.4, -0.2) is 19.0 Å². The van der Waals surface area contributed by atoms with Crippen LogP contribution < -0.4 is 10.6 Å². The molecule has 1 aromatic carbocycles. The maximum Gasteiger partial charge on any atom is 0.230 e. The topological polar surface area (TPSA) is 46.3 Å². The first kappa shape index (κ1) is 12.7. The van der Waals surface area contributed by atoms with Gasteiger partial charge in [-0.15, -0.1) is 0 Å². The van der Waals surface area contributed by atoms with E-state index in [0.717, 1.165) is 18.7 Å². The second kappa shape index (κ2) is 4.97. The van der Waals surface area contributed by atoms with Crippen LogP contribution in [0.15, 0.2) is 24.3 Å². The van der Waals surface area contributed by atoms with Crippen LogP contribution in [0.4, 0.5) is 5.69 Å². The maximum atomic E-state index is 12.6. The van der Waals surface area contributed by atoms with Gasteiger partial charge in [0.15, 0.2) is 0 Å². The molecule has 3 rings (SSSR count). The molecule has 2 atom stereocenters.